The van der Waals surface area contributed by atoms with Crippen LogP contribution in [-0.4, -0.2) is 15.0 Å². The van der Waals surface area contributed by atoms with Crippen LogP contribution in [-0.2, 0) is 0 Å². The first-order valence-corrected chi connectivity index (χ1v) is 13.8. The summed E-state index contributed by atoms with van der Waals surface area (Å²) in [5.41, 5.74) is 7.97. The highest BCUT2D eigenvalue weighted by atomic mass is 15.0. The fraction of sp³-hybridized carbons (Fsp3) is 0. The molecule has 0 spiro atoms. The minimum absolute atomic E-state index is 0.636. The van der Waals surface area contributed by atoms with Crippen LogP contribution >= 0.6 is 0 Å². The standard InChI is InChI=1S/C38H24N4/c39-25-32-23-24-34(35-14-8-7-13-33(32)35)28-19-15-26(16-20-28)27-17-21-31(22-18-27)38-41-36(29-9-3-1-4-10-29)40-37(42-38)30-11-5-2-6-12-30/h1-24H. The van der Waals surface area contributed by atoms with Crippen molar-refractivity contribution >= 4 is 10.8 Å². The van der Waals surface area contributed by atoms with Gasteiger partial charge in [0.2, 0.25) is 0 Å². The van der Waals surface area contributed by atoms with Crippen molar-refractivity contribution in [1.29, 1.82) is 5.26 Å². The van der Waals surface area contributed by atoms with E-state index in [0.29, 0.717) is 23.0 Å². The normalized spacial score (nSPS) is 10.8. The van der Waals surface area contributed by atoms with Crippen LogP contribution in [0.25, 0.3) is 67.2 Å². The summed E-state index contributed by atoms with van der Waals surface area (Å²) < 4.78 is 0. The summed E-state index contributed by atoms with van der Waals surface area (Å²) in [5, 5.41) is 11.6. The SMILES string of the molecule is N#Cc1ccc(-c2ccc(-c3ccc(-c4nc(-c5ccccc5)nc(-c5ccccc5)n4)cc3)cc2)c2ccccc12. The molecule has 0 N–H and O–H groups in total. The quantitative estimate of drug-likeness (QED) is 0.220. The Bertz CT molecular complexity index is 2000. The van der Waals surface area contributed by atoms with Gasteiger partial charge < -0.3 is 0 Å². The fourth-order valence-corrected chi connectivity index (χ4v) is 5.24. The van der Waals surface area contributed by atoms with E-state index in [2.05, 4.69) is 60.7 Å². The van der Waals surface area contributed by atoms with Crippen LogP contribution in [0.15, 0.2) is 146 Å². The third-order valence-electron chi connectivity index (χ3n) is 7.42. The first-order valence-electron chi connectivity index (χ1n) is 13.8. The zero-order chi connectivity index (χ0) is 28.3. The van der Waals surface area contributed by atoms with Crippen molar-refractivity contribution in [2.24, 2.45) is 0 Å². The van der Waals surface area contributed by atoms with E-state index < -0.39 is 0 Å². The minimum Gasteiger partial charge on any atom is -0.208 e. The number of rotatable bonds is 5. The van der Waals surface area contributed by atoms with Crippen LogP contribution in [0.2, 0.25) is 0 Å². The summed E-state index contributed by atoms with van der Waals surface area (Å²) in [7, 11) is 0. The van der Waals surface area contributed by atoms with Gasteiger partial charge >= 0.3 is 0 Å². The second kappa shape index (κ2) is 10.9. The molecule has 0 unspecified atom stereocenters. The molecule has 0 aliphatic heterocycles. The molecule has 0 atom stereocenters. The zero-order valence-electron chi connectivity index (χ0n) is 22.6. The predicted molar refractivity (Wildman–Crippen MR) is 169 cm³/mol. The highest BCUT2D eigenvalue weighted by Gasteiger charge is 2.13. The number of nitriles is 1. The van der Waals surface area contributed by atoms with E-state index in [9.17, 15) is 5.26 Å². The van der Waals surface area contributed by atoms with Crippen LogP contribution in [0.1, 0.15) is 5.56 Å². The van der Waals surface area contributed by atoms with Crippen LogP contribution in [0, 0.1) is 11.3 Å². The third-order valence-corrected chi connectivity index (χ3v) is 7.42. The zero-order valence-corrected chi connectivity index (χ0v) is 22.6. The maximum absolute atomic E-state index is 9.52. The summed E-state index contributed by atoms with van der Waals surface area (Å²) in [5.74, 6) is 1.93. The molecule has 196 valence electrons. The van der Waals surface area contributed by atoms with Crippen molar-refractivity contribution < 1.29 is 0 Å². The summed E-state index contributed by atoms with van der Waals surface area (Å²) >= 11 is 0. The van der Waals surface area contributed by atoms with Crippen LogP contribution in [0.5, 0.6) is 0 Å². The van der Waals surface area contributed by atoms with E-state index in [4.69, 9.17) is 15.0 Å². The molecule has 1 heterocycles. The molecule has 0 fully saturated rings. The monoisotopic (exact) mass is 536 g/mol. The Hall–Kier alpha value is -5.92. The summed E-state index contributed by atoms with van der Waals surface area (Å²) in [6.45, 7) is 0. The second-order valence-corrected chi connectivity index (χ2v) is 10.0. The number of aromatic nitrogens is 3. The molecule has 0 saturated carbocycles. The molecule has 42 heavy (non-hydrogen) atoms. The lowest BCUT2D eigenvalue weighted by atomic mass is 9.94. The van der Waals surface area contributed by atoms with Gasteiger partial charge in [-0.15, -0.1) is 0 Å². The first kappa shape index (κ1) is 25.1. The van der Waals surface area contributed by atoms with Crippen molar-refractivity contribution in [3.05, 3.63) is 151 Å². The van der Waals surface area contributed by atoms with Gasteiger partial charge in [0, 0.05) is 22.1 Å². The second-order valence-electron chi connectivity index (χ2n) is 10.0. The van der Waals surface area contributed by atoms with Crippen LogP contribution in [0.3, 0.4) is 0 Å². The molecular formula is C38H24N4. The van der Waals surface area contributed by atoms with Gasteiger partial charge in [-0.3, -0.25) is 0 Å². The van der Waals surface area contributed by atoms with Crippen molar-refractivity contribution in [3.63, 3.8) is 0 Å². The summed E-state index contributed by atoms with van der Waals surface area (Å²) in [6.07, 6.45) is 0. The average Bonchev–Trinajstić information content (AvgIpc) is 3.08. The molecule has 0 aliphatic rings. The third kappa shape index (κ3) is 4.81. The maximum Gasteiger partial charge on any atom is 0.164 e. The van der Waals surface area contributed by atoms with Crippen molar-refractivity contribution in [3.8, 4) is 62.5 Å². The van der Waals surface area contributed by atoms with Gasteiger partial charge in [-0.1, -0.05) is 140 Å². The molecule has 7 aromatic rings. The van der Waals surface area contributed by atoms with Crippen LogP contribution < -0.4 is 0 Å². The summed E-state index contributed by atoms with van der Waals surface area (Å²) in [4.78, 5) is 14.5. The molecule has 0 amide bonds. The van der Waals surface area contributed by atoms with Gasteiger partial charge in [0.05, 0.1) is 11.6 Å². The van der Waals surface area contributed by atoms with E-state index in [1.165, 1.54) is 0 Å². The molecule has 0 bridgehead atoms. The predicted octanol–water partition coefficient (Wildman–Crippen LogP) is 9.23. The maximum atomic E-state index is 9.52. The van der Waals surface area contributed by atoms with Gasteiger partial charge in [-0.2, -0.15) is 5.26 Å². The molecule has 0 aliphatic carbocycles. The smallest absolute Gasteiger partial charge is 0.164 e. The number of hydrogen-bond acceptors (Lipinski definition) is 4. The lowest BCUT2D eigenvalue weighted by Gasteiger charge is -2.10. The lowest BCUT2D eigenvalue weighted by molar-refractivity contribution is 1.07. The van der Waals surface area contributed by atoms with Gasteiger partial charge in [0.1, 0.15) is 0 Å². The fourth-order valence-electron chi connectivity index (χ4n) is 5.24. The Morgan fingerprint density at radius 2 is 0.762 bits per heavy atom. The van der Waals surface area contributed by atoms with Crippen molar-refractivity contribution in [1.82, 2.24) is 15.0 Å². The van der Waals surface area contributed by atoms with Gasteiger partial charge in [0.25, 0.3) is 0 Å². The molecule has 0 saturated heterocycles. The molecular weight excluding hydrogens is 512 g/mol. The van der Waals surface area contributed by atoms with E-state index in [-0.39, 0.29) is 0 Å². The van der Waals surface area contributed by atoms with Crippen LogP contribution in [0.4, 0.5) is 0 Å². The molecule has 4 heteroatoms. The average molecular weight is 537 g/mol. The van der Waals surface area contributed by atoms with Gasteiger partial charge in [0.15, 0.2) is 17.5 Å². The highest BCUT2D eigenvalue weighted by Crippen LogP contribution is 2.33. The Morgan fingerprint density at radius 3 is 1.26 bits per heavy atom. The number of nitrogens with zero attached hydrogens (tertiary/aromatic N) is 4. The van der Waals surface area contributed by atoms with E-state index in [1.54, 1.807) is 0 Å². The first-order chi connectivity index (χ1) is 20.8. The molecule has 4 nitrogen and oxygen atoms in total. The van der Waals surface area contributed by atoms with Crippen molar-refractivity contribution in [2.45, 2.75) is 0 Å². The summed E-state index contributed by atoms with van der Waals surface area (Å²) in [6, 6.07) is 51.2. The van der Waals surface area contributed by atoms with Gasteiger partial charge in [-0.25, -0.2) is 15.0 Å². The Balaban J connectivity index is 1.22. The Kier molecular flexibility index (Phi) is 6.52. The highest BCUT2D eigenvalue weighted by molar-refractivity contribution is 5.99. The number of fused-ring (bicyclic) bond motifs is 1. The van der Waals surface area contributed by atoms with Crippen molar-refractivity contribution in [2.75, 3.05) is 0 Å². The molecule has 1 aromatic heterocycles. The topological polar surface area (TPSA) is 62.5 Å². The lowest BCUT2D eigenvalue weighted by Crippen LogP contribution is -2.00. The van der Waals surface area contributed by atoms with Gasteiger partial charge in [-0.05, 0) is 33.7 Å². The van der Waals surface area contributed by atoms with E-state index in [0.717, 1.165) is 49.7 Å². The number of benzene rings is 6. The Morgan fingerprint density at radius 1 is 0.357 bits per heavy atom. The molecule has 7 rings (SSSR count). The molecule has 6 aromatic carbocycles. The number of hydrogen-bond donors (Lipinski definition) is 0. The Labute approximate surface area is 244 Å². The minimum atomic E-state index is 0.636. The van der Waals surface area contributed by atoms with E-state index >= 15 is 0 Å². The molecule has 0 radical (unpaired) electrons. The van der Waals surface area contributed by atoms with E-state index in [1.807, 2.05) is 91.0 Å². The largest absolute Gasteiger partial charge is 0.208 e.